The number of nitrogens with one attached hydrogen (secondary N) is 4. The maximum Gasteiger partial charge on any atom is 0.154 e. The maximum absolute atomic E-state index is 13.6. The van der Waals surface area contributed by atoms with Gasteiger partial charge in [-0.25, -0.2) is 0 Å². The third-order valence-electron chi connectivity index (χ3n) is 9.47. The molecule has 0 spiro atoms. The van der Waals surface area contributed by atoms with Crippen molar-refractivity contribution < 1.29 is 9.59 Å². The van der Waals surface area contributed by atoms with Crippen molar-refractivity contribution in [2.75, 3.05) is 13.1 Å². The zero-order valence-corrected chi connectivity index (χ0v) is 23.3. The molecule has 0 bridgehead atoms. The summed E-state index contributed by atoms with van der Waals surface area (Å²) in [6, 6.07) is 15.8. The van der Waals surface area contributed by atoms with Crippen LogP contribution in [0.3, 0.4) is 0 Å². The summed E-state index contributed by atoms with van der Waals surface area (Å²) < 4.78 is 0. The fraction of sp³-hybridized carbons (Fsp3) is 0.455. The van der Waals surface area contributed by atoms with Crippen LogP contribution in [0.2, 0.25) is 0 Å². The number of hydrogen-bond donors (Lipinski definition) is 5. The van der Waals surface area contributed by atoms with Crippen LogP contribution in [-0.2, 0) is 22.4 Å². The Morgan fingerprint density at radius 2 is 1.27 bits per heavy atom. The third kappa shape index (κ3) is 5.38. The summed E-state index contributed by atoms with van der Waals surface area (Å²) in [6.45, 7) is 3.38. The summed E-state index contributed by atoms with van der Waals surface area (Å²) >= 11 is 0. The van der Waals surface area contributed by atoms with E-state index < -0.39 is 0 Å². The smallest absolute Gasteiger partial charge is 0.154 e. The predicted molar refractivity (Wildman–Crippen MR) is 160 cm³/mol. The van der Waals surface area contributed by atoms with Crippen LogP contribution in [0.5, 0.6) is 0 Å². The Bertz CT molecular complexity index is 1380. The Hall–Kier alpha value is -3.26. The van der Waals surface area contributed by atoms with Gasteiger partial charge >= 0.3 is 0 Å². The second-order valence-corrected chi connectivity index (χ2v) is 12.0. The topological polar surface area (TPSA) is 116 Å². The predicted octanol–water partition coefficient (Wildman–Crippen LogP) is 4.27. The molecule has 40 heavy (non-hydrogen) atoms. The first kappa shape index (κ1) is 26.9. The number of aromatic nitrogens is 2. The molecule has 6 N–H and O–H groups in total. The minimum atomic E-state index is -0.313. The number of carbonyl (C=O) groups is 2. The van der Waals surface area contributed by atoms with Crippen molar-refractivity contribution in [3.8, 4) is 0 Å². The second kappa shape index (κ2) is 11.7. The van der Waals surface area contributed by atoms with E-state index in [4.69, 9.17) is 5.73 Å². The number of aromatic amines is 2. The molecular weight excluding hydrogens is 498 g/mol. The molecule has 2 aromatic carbocycles. The molecule has 6 atom stereocenters. The molecule has 7 nitrogen and oxygen atoms in total. The quantitative estimate of drug-likeness (QED) is 0.163. The van der Waals surface area contributed by atoms with Gasteiger partial charge in [0.1, 0.15) is 0 Å². The first-order valence-electron chi connectivity index (χ1n) is 14.9. The number of H-pyrrole nitrogens is 2. The highest BCUT2D eigenvalue weighted by molar-refractivity contribution is 5.90. The largest absolute Gasteiger partial charge is 0.361 e. The minimum absolute atomic E-state index is 0.0412. The summed E-state index contributed by atoms with van der Waals surface area (Å²) in [7, 11) is 0. The molecule has 0 aliphatic heterocycles. The summed E-state index contributed by atoms with van der Waals surface area (Å²) in [5, 5.41) is 9.43. The molecule has 0 unspecified atom stereocenters. The van der Waals surface area contributed by atoms with Crippen LogP contribution < -0.4 is 16.4 Å². The lowest BCUT2D eigenvalue weighted by molar-refractivity contribution is -0.130. The van der Waals surface area contributed by atoms with Gasteiger partial charge in [-0.1, -0.05) is 43.3 Å². The molecule has 2 fully saturated rings. The summed E-state index contributed by atoms with van der Waals surface area (Å²) in [6.07, 6.45) is 9.20. The van der Waals surface area contributed by atoms with E-state index in [9.17, 15) is 9.59 Å². The van der Waals surface area contributed by atoms with E-state index >= 15 is 0 Å². The van der Waals surface area contributed by atoms with E-state index in [1.807, 2.05) is 36.7 Å². The van der Waals surface area contributed by atoms with E-state index in [0.29, 0.717) is 37.6 Å². The highest BCUT2D eigenvalue weighted by Crippen LogP contribution is 2.35. The molecule has 2 aliphatic rings. The molecule has 0 radical (unpaired) electrons. The normalized spacial score (nSPS) is 23.9. The van der Waals surface area contributed by atoms with Crippen LogP contribution >= 0.6 is 0 Å². The van der Waals surface area contributed by atoms with Gasteiger partial charge in [0.2, 0.25) is 0 Å². The van der Waals surface area contributed by atoms with Crippen LogP contribution in [0.1, 0.15) is 43.7 Å². The lowest BCUT2D eigenvalue weighted by Gasteiger charge is -2.36. The molecular formula is C33H41N5O2. The van der Waals surface area contributed by atoms with Crippen molar-refractivity contribution >= 4 is 33.4 Å². The van der Waals surface area contributed by atoms with Crippen molar-refractivity contribution in [3.05, 3.63) is 72.1 Å². The zero-order valence-electron chi connectivity index (χ0n) is 23.3. The van der Waals surface area contributed by atoms with Gasteiger partial charge in [-0.05, 0) is 67.7 Å². The molecule has 2 aromatic heterocycles. The van der Waals surface area contributed by atoms with Crippen LogP contribution in [0, 0.1) is 17.8 Å². The van der Waals surface area contributed by atoms with Gasteiger partial charge in [0, 0.05) is 65.2 Å². The number of nitrogens with two attached hydrogens (primary N) is 1. The third-order valence-corrected chi connectivity index (χ3v) is 9.47. The number of carbonyl (C=O) groups excluding carboxylic acids is 2. The molecule has 0 saturated heterocycles. The molecule has 0 amide bonds. The Labute approximate surface area is 235 Å². The maximum atomic E-state index is 13.6. The Kier molecular flexibility index (Phi) is 7.87. The van der Waals surface area contributed by atoms with Crippen molar-refractivity contribution in [2.45, 2.75) is 63.6 Å². The summed E-state index contributed by atoms with van der Waals surface area (Å²) in [5.74, 6) is 1.02. The van der Waals surface area contributed by atoms with Crippen molar-refractivity contribution in [1.29, 1.82) is 0 Å². The lowest BCUT2D eigenvalue weighted by atomic mass is 9.70. The van der Waals surface area contributed by atoms with Gasteiger partial charge in [-0.15, -0.1) is 0 Å². The van der Waals surface area contributed by atoms with E-state index in [-0.39, 0.29) is 35.7 Å². The second-order valence-electron chi connectivity index (χ2n) is 12.0. The highest BCUT2D eigenvalue weighted by Gasteiger charge is 2.38. The van der Waals surface area contributed by atoms with Crippen molar-refractivity contribution in [3.63, 3.8) is 0 Å². The Morgan fingerprint density at radius 1 is 0.775 bits per heavy atom. The fourth-order valence-electron chi connectivity index (χ4n) is 6.57. The molecule has 2 aliphatic carbocycles. The van der Waals surface area contributed by atoms with E-state index in [0.717, 1.165) is 53.2 Å². The van der Waals surface area contributed by atoms with Gasteiger partial charge in [0.15, 0.2) is 11.6 Å². The van der Waals surface area contributed by atoms with Crippen molar-refractivity contribution in [1.82, 2.24) is 20.6 Å². The molecule has 6 rings (SSSR count). The number of fused-ring (bicyclic) bond motifs is 2. The van der Waals surface area contributed by atoms with Gasteiger partial charge in [-0.2, -0.15) is 0 Å². The molecule has 2 saturated carbocycles. The number of ketones is 2. The molecule has 7 heteroatoms. The lowest BCUT2D eigenvalue weighted by Crippen LogP contribution is -2.53. The average molecular weight is 540 g/mol. The van der Waals surface area contributed by atoms with Crippen LogP contribution in [0.25, 0.3) is 21.8 Å². The van der Waals surface area contributed by atoms with Crippen LogP contribution in [0.4, 0.5) is 0 Å². The Morgan fingerprint density at radius 3 is 1.70 bits per heavy atom. The molecule has 210 valence electrons. The molecule has 4 aromatic rings. The first-order valence-corrected chi connectivity index (χ1v) is 14.9. The number of para-hydroxylation sites is 2. The molecule has 2 heterocycles. The summed E-state index contributed by atoms with van der Waals surface area (Å²) in [4.78, 5) is 33.8. The standard InChI is InChI=1S/C33H41N5O2/c1-20-10-11-23(20)32(39)30(16-21-18-37-28-8-4-2-6-24(21)28)35-14-15-36-31(33(40)26-12-13-27(26)34)17-22-19-38-29-9-5-3-7-25(22)29/h2-9,18-20,23,26-27,30-31,35-38H,10-17,34H2,1H3/t20-,23+,26-,27+,30+,31+/m1/s1. The van der Waals surface area contributed by atoms with Crippen LogP contribution in [0.15, 0.2) is 60.9 Å². The zero-order chi connectivity index (χ0) is 27.6. The van der Waals surface area contributed by atoms with E-state index in [1.54, 1.807) is 0 Å². The highest BCUT2D eigenvalue weighted by atomic mass is 16.1. The van der Waals surface area contributed by atoms with Gasteiger partial charge in [0.05, 0.1) is 12.1 Å². The van der Waals surface area contributed by atoms with Gasteiger partial charge in [-0.3, -0.25) is 9.59 Å². The number of rotatable bonds is 13. The Balaban J connectivity index is 1.13. The van der Waals surface area contributed by atoms with E-state index in [1.165, 1.54) is 5.39 Å². The van der Waals surface area contributed by atoms with Gasteiger partial charge < -0.3 is 26.3 Å². The number of Topliss-reactive ketones (excluding diaryl/α,β-unsaturated/α-hetero) is 2. The number of benzene rings is 2. The monoisotopic (exact) mass is 539 g/mol. The van der Waals surface area contributed by atoms with Crippen molar-refractivity contribution in [2.24, 2.45) is 23.5 Å². The number of hydrogen-bond acceptors (Lipinski definition) is 5. The minimum Gasteiger partial charge on any atom is -0.361 e. The SMILES string of the molecule is C[C@@H]1CC[C@@H]1C(=O)[C@H](Cc1c[nH]c2ccccc12)NCCN[C@@H](Cc1c[nH]c2ccccc12)C(=O)[C@@H]1CC[C@@H]1N. The van der Waals surface area contributed by atoms with Crippen LogP contribution in [-0.4, -0.2) is 52.7 Å². The van der Waals surface area contributed by atoms with E-state index in [2.05, 4.69) is 51.8 Å². The average Bonchev–Trinajstić information content (AvgIpc) is 3.56. The summed E-state index contributed by atoms with van der Waals surface area (Å²) in [5.41, 5.74) is 10.7. The fourth-order valence-corrected chi connectivity index (χ4v) is 6.57. The first-order chi connectivity index (χ1) is 19.5. The van der Waals surface area contributed by atoms with Gasteiger partial charge in [0.25, 0.3) is 0 Å².